The maximum absolute atomic E-state index is 11.6. The van der Waals surface area contributed by atoms with Crippen molar-refractivity contribution >= 4 is 12.0 Å². The minimum Gasteiger partial charge on any atom is -0.480 e. The van der Waals surface area contributed by atoms with Crippen LogP contribution in [-0.2, 0) is 9.53 Å². The highest BCUT2D eigenvalue weighted by atomic mass is 16.5. The summed E-state index contributed by atoms with van der Waals surface area (Å²) in [5.74, 6) is -0.860. The van der Waals surface area contributed by atoms with Crippen molar-refractivity contribution in [3.05, 3.63) is 0 Å². The molecular weight excluding hydrogens is 236 g/mol. The van der Waals surface area contributed by atoms with Crippen molar-refractivity contribution in [3.63, 3.8) is 0 Å². The molecule has 0 aromatic carbocycles. The molecule has 1 aliphatic carbocycles. The highest BCUT2D eigenvalue weighted by molar-refractivity contribution is 5.83. The summed E-state index contributed by atoms with van der Waals surface area (Å²) in [5, 5.41) is 14.2. The lowest BCUT2D eigenvalue weighted by atomic mass is 10.1. The second-order valence-corrected chi connectivity index (χ2v) is 5.00. The molecule has 3 N–H and O–H groups in total. The van der Waals surface area contributed by atoms with Crippen molar-refractivity contribution in [2.75, 3.05) is 13.2 Å². The normalized spacial score (nSPS) is 25.2. The summed E-state index contributed by atoms with van der Waals surface area (Å²) in [6.45, 7) is 1.19. The van der Waals surface area contributed by atoms with E-state index in [4.69, 9.17) is 9.84 Å². The third-order valence-electron chi connectivity index (χ3n) is 3.41. The summed E-state index contributed by atoms with van der Waals surface area (Å²) in [5.41, 5.74) is 0. The molecule has 6 heteroatoms. The number of rotatable bonds is 5. The van der Waals surface area contributed by atoms with E-state index in [2.05, 4.69) is 10.6 Å². The lowest BCUT2D eigenvalue weighted by molar-refractivity contribution is -0.139. The van der Waals surface area contributed by atoms with Crippen molar-refractivity contribution in [3.8, 4) is 0 Å². The molecule has 0 bridgehead atoms. The first kappa shape index (κ1) is 13.1. The first-order chi connectivity index (χ1) is 8.66. The van der Waals surface area contributed by atoms with Crippen molar-refractivity contribution in [2.24, 2.45) is 5.92 Å². The molecule has 1 saturated carbocycles. The Balaban J connectivity index is 1.68. The van der Waals surface area contributed by atoms with Gasteiger partial charge in [-0.1, -0.05) is 0 Å². The van der Waals surface area contributed by atoms with Gasteiger partial charge in [0.2, 0.25) is 0 Å². The van der Waals surface area contributed by atoms with Gasteiger partial charge < -0.3 is 20.5 Å². The van der Waals surface area contributed by atoms with E-state index >= 15 is 0 Å². The molecule has 0 aromatic rings. The fourth-order valence-electron chi connectivity index (χ4n) is 2.18. The number of ether oxygens (including phenoxy) is 1. The highest BCUT2D eigenvalue weighted by Gasteiger charge is 2.37. The zero-order chi connectivity index (χ0) is 13.0. The van der Waals surface area contributed by atoms with Crippen molar-refractivity contribution in [1.82, 2.24) is 10.6 Å². The Kier molecular flexibility index (Phi) is 4.41. The Morgan fingerprint density at radius 3 is 2.61 bits per heavy atom. The topological polar surface area (TPSA) is 87.7 Å². The molecule has 2 unspecified atom stereocenters. The molecule has 2 atom stereocenters. The van der Waals surface area contributed by atoms with E-state index in [1.165, 1.54) is 0 Å². The van der Waals surface area contributed by atoms with Crippen LogP contribution in [0, 0.1) is 5.92 Å². The molecule has 18 heavy (non-hydrogen) atoms. The highest BCUT2D eigenvalue weighted by Crippen LogP contribution is 2.32. The number of carboxylic acid groups (broad SMARTS) is 1. The summed E-state index contributed by atoms with van der Waals surface area (Å²) in [6, 6.07) is -1.17. The Bertz CT molecular complexity index is 311. The Labute approximate surface area is 106 Å². The van der Waals surface area contributed by atoms with Crippen LogP contribution in [0.25, 0.3) is 0 Å². The maximum atomic E-state index is 11.6. The lowest BCUT2D eigenvalue weighted by Crippen LogP contribution is -2.49. The van der Waals surface area contributed by atoms with Crippen LogP contribution in [0.15, 0.2) is 0 Å². The zero-order valence-corrected chi connectivity index (χ0v) is 10.4. The number of carboxylic acids is 1. The maximum Gasteiger partial charge on any atom is 0.326 e. The van der Waals surface area contributed by atoms with E-state index in [0.717, 1.165) is 38.7 Å². The second kappa shape index (κ2) is 6.04. The van der Waals surface area contributed by atoms with Crippen LogP contribution >= 0.6 is 0 Å². The molecule has 0 radical (unpaired) electrons. The monoisotopic (exact) mass is 256 g/mol. The van der Waals surface area contributed by atoms with Crippen molar-refractivity contribution in [1.29, 1.82) is 0 Å². The van der Waals surface area contributed by atoms with Gasteiger partial charge in [-0.15, -0.1) is 0 Å². The van der Waals surface area contributed by atoms with Gasteiger partial charge in [0, 0.05) is 13.2 Å². The lowest BCUT2D eigenvalue weighted by Gasteiger charge is -2.23. The number of urea groups is 1. The number of carbonyl (C=O) groups excluding carboxylic acids is 1. The van der Waals surface area contributed by atoms with Crippen LogP contribution < -0.4 is 10.6 Å². The molecule has 1 saturated heterocycles. The molecule has 0 aromatic heterocycles. The second-order valence-electron chi connectivity index (χ2n) is 5.00. The minimum absolute atomic E-state index is 0.0636. The van der Waals surface area contributed by atoms with Crippen LogP contribution in [-0.4, -0.2) is 42.4 Å². The molecule has 2 fully saturated rings. The third kappa shape index (κ3) is 3.87. The van der Waals surface area contributed by atoms with Gasteiger partial charge in [-0.3, -0.25) is 0 Å². The summed E-state index contributed by atoms with van der Waals surface area (Å²) < 4.78 is 5.48. The number of aliphatic carboxylic acids is 1. The predicted octanol–water partition coefficient (Wildman–Crippen LogP) is 0.718. The van der Waals surface area contributed by atoms with E-state index < -0.39 is 18.0 Å². The average molecular weight is 256 g/mol. The van der Waals surface area contributed by atoms with Gasteiger partial charge >= 0.3 is 12.0 Å². The number of hydrogen-bond acceptors (Lipinski definition) is 3. The number of hydrogen-bond donors (Lipinski definition) is 3. The quantitative estimate of drug-likeness (QED) is 0.676. The minimum atomic E-state index is -0.957. The predicted molar refractivity (Wildman–Crippen MR) is 64.3 cm³/mol. The summed E-state index contributed by atoms with van der Waals surface area (Å²) in [7, 11) is 0. The smallest absolute Gasteiger partial charge is 0.326 e. The van der Waals surface area contributed by atoms with Crippen LogP contribution in [0.1, 0.15) is 32.1 Å². The average Bonchev–Trinajstić information content (AvgIpc) is 3.18. The van der Waals surface area contributed by atoms with Crippen LogP contribution in [0.3, 0.4) is 0 Å². The largest absolute Gasteiger partial charge is 0.480 e. The van der Waals surface area contributed by atoms with Crippen LogP contribution in [0.4, 0.5) is 4.79 Å². The molecule has 1 aliphatic heterocycles. The van der Waals surface area contributed by atoms with E-state index in [1.54, 1.807) is 0 Å². The zero-order valence-electron chi connectivity index (χ0n) is 10.4. The van der Waals surface area contributed by atoms with Gasteiger partial charge in [-0.2, -0.15) is 0 Å². The van der Waals surface area contributed by atoms with Crippen molar-refractivity contribution < 1.29 is 19.4 Å². The van der Waals surface area contributed by atoms with E-state index in [0.29, 0.717) is 6.54 Å². The molecule has 1 heterocycles. The first-order valence-corrected chi connectivity index (χ1v) is 6.55. The number of amides is 2. The fraction of sp³-hybridized carbons (Fsp3) is 0.833. The van der Waals surface area contributed by atoms with Gasteiger partial charge in [0.25, 0.3) is 0 Å². The van der Waals surface area contributed by atoms with E-state index in [9.17, 15) is 9.59 Å². The Morgan fingerprint density at radius 2 is 2.06 bits per heavy atom. The molecule has 6 nitrogen and oxygen atoms in total. The Hall–Kier alpha value is -1.30. The fourth-order valence-corrected chi connectivity index (χ4v) is 2.18. The molecule has 2 amide bonds. The van der Waals surface area contributed by atoms with Crippen LogP contribution in [0.2, 0.25) is 0 Å². The standard InChI is InChI=1S/C12H20N2O4/c15-11(16)10(8-4-5-8)14-12(17)13-7-9-3-1-2-6-18-9/h8-10H,1-7H2,(H,15,16)(H2,13,14,17). The van der Waals surface area contributed by atoms with Gasteiger partial charge in [-0.25, -0.2) is 9.59 Å². The number of carbonyl (C=O) groups is 2. The number of nitrogens with one attached hydrogen (secondary N) is 2. The SMILES string of the molecule is O=C(NCC1CCCCO1)NC(C(=O)O)C1CC1. The summed E-state index contributed by atoms with van der Waals surface area (Å²) in [4.78, 5) is 22.5. The van der Waals surface area contributed by atoms with Gasteiger partial charge in [-0.05, 0) is 38.0 Å². The molecule has 2 aliphatic rings. The van der Waals surface area contributed by atoms with Gasteiger partial charge in [0.05, 0.1) is 6.10 Å². The molecule has 0 spiro atoms. The summed E-state index contributed by atoms with van der Waals surface area (Å²) >= 11 is 0. The Morgan fingerprint density at radius 1 is 1.28 bits per heavy atom. The van der Waals surface area contributed by atoms with Crippen molar-refractivity contribution in [2.45, 2.75) is 44.2 Å². The molecule has 102 valence electrons. The first-order valence-electron chi connectivity index (χ1n) is 6.55. The summed E-state index contributed by atoms with van der Waals surface area (Å²) in [6.07, 6.45) is 4.96. The van der Waals surface area contributed by atoms with E-state index in [-0.39, 0.29) is 12.0 Å². The van der Waals surface area contributed by atoms with Gasteiger partial charge in [0.1, 0.15) is 6.04 Å². The molecular formula is C12H20N2O4. The third-order valence-corrected chi connectivity index (χ3v) is 3.41. The van der Waals surface area contributed by atoms with Gasteiger partial charge in [0.15, 0.2) is 0 Å². The van der Waals surface area contributed by atoms with E-state index in [1.807, 2.05) is 0 Å². The van der Waals surface area contributed by atoms with Crippen LogP contribution in [0.5, 0.6) is 0 Å². The molecule has 2 rings (SSSR count).